The van der Waals surface area contributed by atoms with Crippen LogP contribution in [0.1, 0.15) is 11.1 Å². The second-order valence-electron chi connectivity index (χ2n) is 2.30. The van der Waals surface area contributed by atoms with Gasteiger partial charge in [0, 0.05) is 8.95 Å². The summed E-state index contributed by atoms with van der Waals surface area (Å²) >= 11 is 6.87. The number of halogens is 2. The van der Waals surface area contributed by atoms with Crippen LogP contribution in [0.15, 0.2) is 34.2 Å². The maximum Gasteiger partial charge on any atom is 0.0259 e. The molecule has 1 aromatic carbocycles. The molecule has 0 heterocycles. The molecule has 0 fully saturated rings. The van der Waals surface area contributed by atoms with E-state index in [4.69, 9.17) is 0 Å². The van der Waals surface area contributed by atoms with Gasteiger partial charge in [-0.25, -0.2) is 0 Å². The van der Waals surface area contributed by atoms with Crippen molar-refractivity contribution in [3.05, 3.63) is 45.4 Å². The van der Waals surface area contributed by atoms with E-state index < -0.39 is 0 Å². The molecule has 0 aliphatic carbocycles. The first-order chi connectivity index (χ1) is 5.69. The minimum absolute atomic E-state index is 1.04. The summed E-state index contributed by atoms with van der Waals surface area (Å²) in [5.41, 5.74) is 2.15. The van der Waals surface area contributed by atoms with E-state index in [-0.39, 0.29) is 0 Å². The van der Waals surface area contributed by atoms with Crippen LogP contribution < -0.4 is 0 Å². The zero-order valence-corrected chi connectivity index (χ0v) is 9.65. The zero-order valence-electron chi connectivity index (χ0n) is 6.48. The SMILES string of the molecule is C=Cc1cc(C=C)c(Br)cc1Br. The molecule has 12 heavy (non-hydrogen) atoms. The Bertz CT molecular complexity index is 298. The fourth-order valence-electron chi connectivity index (χ4n) is 0.896. The molecule has 0 saturated carbocycles. The Morgan fingerprint density at radius 1 is 0.917 bits per heavy atom. The lowest BCUT2D eigenvalue weighted by Crippen LogP contribution is -1.80. The monoisotopic (exact) mass is 286 g/mol. The number of rotatable bonds is 2. The van der Waals surface area contributed by atoms with Crippen molar-refractivity contribution in [1.82, 2.24) is 0 Å². The molecule has 0 unspecified atom stereocenters. The van der Waals surface area contributed by atoms with Crippen molar-refractivity contribution in [2.75, 3.05) is 0 Å². The van der Waals surface area contributed by atoms with Gasteiger partial charge in [-0.2, -0.15) is 0 Å². The standard InChI is InChI=1S/C10H8Br2/c1-3-7-5-8(4-2)10(12)6-9(7)11/h3-6H,1-2H2. The average molecular weight is 288 g/mol. The average Bonchev–Trinajstić information content (AvgIpc) is 2.05. The quantitative estimate of drug-likeness (QED) is 0.751. The Labute approximate surface area is 89.2 Å². The second kappa shape index (κ2) is 4.06. The summed E-state index contributed by atoms with van der Waals surface area (Å²) in [5.74, 6) is 0. The van der Waals surface area contributed by atoms with Crippen LogP contribution in [-0.4, -0.2) is 0 Å². The van der Waals surface area contributed by atoms with Gasteiger partial charge < -0.3 is 0 Å². The largest absolute Gasteiger partial charge is 0.0984 e. The lowest BCUT2D eigenvalue weighted by Gasteiger charge is -2.03. The molecule has 2 heteroatoms. The topological polar surface area (TPSA) is 0 Å². The summed E-state index contributed by atoms with van der Waals surface area (Å²) in [6, 6.07) is 4.02. The minimum atomic E-state index is 1.04. The van der Waals surface area contributed by atoms with Crippen LogP contribution in [-0.2, 0) is 0 Å². The van der Waals surface area contributed by atoms with Gasteiger partial charge in [-0.15, -0.1) is 0 Å². The molecule has 62 valence electrons. The van der Waals surface area contributed by atoms with Crippen molar-refractivity contribution < 1.29 is 0 Å². The molecular weight excluding hydrogens is 280 g/mol. The first-order valence-electron chi connectivity index (χ1n) is 3.43. The summed E-state index contributed by atoms with van der Waals surface area (Å²) in [7, 11) is 0. The molecule has 0 amide bonds. The maximum atomic E-state index is 3.72. The predicted molar refractivity (Wildman–Crippen MR) is 62.0 cm³/mol. The Morgan fingerprint density at radius 3 is 1.67 bits per heavy atom. The summed E-state index contributed by atoms with van der Waals surface area (Å²) in [6.07, 6.45) is 3.62. The van der Waals surface area contributed by atoms with Gasteiger partial charge in [-0.3, -0.25) is 0 Å². The van der Waals surface area contributed by atoms with E-state index in [1.54, 1.807) is 0 Å². The highest BCUT2D eigenvalue weighted by Crippen LogP contribution is 2.27. The van der Waals surface area contributed by atoms with E-state index in [0.29, 0.717) is 0 Å². The predicted octanol–water partition coefficient (Wildman–Crippen LogP) is 4.50. The van der Waals surface area contributed by atoms with Crippen molar-refractivity contribution in [3.63, 3.8) is 0 Å². The lowest BCUT2D eigenvalue weighted by molar-refractivity contribution is 1.53. The van der Waals surface area contributed by atoms with Gasteiger partial charge >= 0.3 is 0 Å². The third kappa shape index (κ3) is 1.87. The van der Waals surface area contributed by atoms with E-state index in [1.165, 1.54) is 0 Å². The Balaban J connectivity index is 3.36. The van der Waals surface area contributed by atoms with E-state index >= 15 is 0 Å². The summed E-state index contributed by atoms with van der Waals surface area (Å²) in [4.78, 5) is 0. The molecule has 0 radical (unpaired) electrons. The van der Waals surface area contributed by atoms with Crippen molar-refractivity contribution in [3.8, 4) is 0 Å². The van der Waals surface area contributed by atoms with Crippen molar-refractivity contribution in [2.45, 2.75) is 0 Å². The molecule has 0 N–H and O–H groups in total. The third-order valence-electron chi connectivity index (χ3n) is 1.56. The van der Waals surface area contributed by atoms with Crippen molar-refractivity contribution >= 4 is 44.0 Å². The molecule has 0 spiro atoms. The van der Waals surface area contributed by atoms with E-state index in [1.807, 2.05) is 24.3 Å². The van der Waals surface area contributed by atoms with Crippen LogP contribution in [0.4, 0.5) is 0 Å². The normalized spacial score (nSPS) is 9.50. The van der Waals surface area contributed by atoms with Crippen LogP contribution in [0.2, 0.25) is 0 Å². The highest BCUT2D eigenvalue weighted by molar-refractivity contribution is 9.11. The van der Waals surface area contributed by atoms with Gasteiger partial charge in [0.2, 0.25) is 0 Å². The van der Waals surface area contributed by atoms with Gasteiger partial charge in [0.15, 0.2) is 0 Å². The van der Waals surface area contributed by atoms with E-state index in [2.05, 4.69) is 45.0 Å². The smallest absolute Gasteiger partial charge is 0.0259 e. The van der Waals surface area contributed by atoms with Crippen LogP contribution in [0, 0.1) is 0 Å². The fraction of sp³-hybridized carbons (Fsp3) is 0. The molecule has 1 rings (SSSR count). The molecule has 0 aromatic heterocycles. The first kappa shape index (κ1) is 9.75. The van der Waals surface area contributed by atoms with E-state index in [0.717, 1.165) is 20.1 Å². The summed E-state index contributed by atoms with van der Waals surface area (Å²) < 4.78 is 2.07. The molecule has 0 bridgehead atoms. The van der Waals surface area contributed by atoms with Crippen molar-refractivity contribution in [1.29, 1.82) is 0 Å². The number of hydrogen-bond donors (Lipinski definition) is 0. The van der Waals surface area contributed by atoms with Crippen LogP contribution >= 0.6 is 31.9 Å². The molecule has 1 aromatic rings. The van der Waals surface area contributed by atoms with E-state index in [9.17, 15) is 0 Å². The van der Waals surface area contributed by atoms with Crippen LogP contribution in [0.25, 0.3) is 12.2 Å². The molecule has 0 aliphatic heterocycles. The molecular formula is C10H8Br2. The van der Waals surface area contributed by atoms with Gasteiger partial charge in [0.25, 0.3) is 0 Å². The Kier molecular flexibility index (Phi) is 3.29. The second-order valence-corrected chi connectivity index (χ2v) is 4.01. The van der Waals surface area contributed by atoms with Gasteiger partial charge in [-0.1, -0.05) is 57.2 Å². The number of benzene rings is 1. The van der Waals surface area contributed by atoms with Gasteiger partial charge in [0.1, 0.15) is 0 Å². The van der Waals surface area contributed by atoms with Crippen molar-refractivity contribution in [2.24, 2.45) is 0 Å². The Morgan fingerprint density at radius 2 is 1.33 bits per heavy atom. The van der Waals surface area contributed by atoms with Crippen LogP contribution in [0.5, 0.6) is 0 Å². The van der Waals surface area contributed by atoms with Gasteiger partial charge in [-0.05, 0) is 23.3 Å². The highest BCUT2D eigenvalue weighted by Gasteiger charge is 2.00. The molecule has 0 aliphatic rings. The zero-order chi connectivity index (χ0) is 9.14. The Hall–Kier alpha value is -0.340. The molecule has 0 nitrogen and oxygen atoms in total. The fourth-order valence-corrected chi connectivity index (χ4v) is 2.21. The first-order valence-corrected chi connectivity index (χ1v) is 5.01. The lowest BCUT2D eigenvalue weighted by atomic mass is 10.1. The van der Waals surface area contributed by atoms with Crippen LogP contribution in [0.3, 0.4) is 0 Å². The van der Waals surface area contributed by atoms with Gasteiger partial charge in [0.05, 0.1) is 0 Å². The minimum Gasteiger partial charge on any atom is -0.0984 e. The highest BCUT2D eigenvalue weighted by atomic mass is 79.9. The maximum absolute atomic E-state index is 3.72. The molecule has 0 saturated heterocycles. The summed E-state index contributed by atoms with van der Waals surface area (Å²) in [5, 5.41) is 0. The number of hydrogen-bond acceptors (Lipinski definition) is 0. The third-order valence-corrected chi connectivity index (χ3v) is 2.93. The summed E-state index contributed by atoms with van der Waals surface area (Å²) in [6.45, 7) is 7.43. The molecule has 0 atom stereocenters.